The summed E-state index contributed by atoms with van der Waals surface area (Å²) in [7, 11) is 1.67. The Labute approximate surface area is 104 Å². The highest BCUT2D eigenvalue weighted by Gasteiger charge is 2.04. The minimum absolute atomic E-state index is 0.569. The molecule has 0 atom stereocenters. The number of nitrogens with two attached hydrogens (primary N) is 1. The van der Waals surface area contributed by atoms with Crippen LogP contribution in [0.4, 0.5) is 5.82 Å². The molecule has 0 amide bonds. The first kappa shape index (κ1) is 10.7. The molecule has 90 valence electrons. The normalized spacial score (nSPS) is 10.7. The second-order valence-corrected chi connectivity index (χ2v) is 4.14. The fourth-order valence-electron chi connectivity index (χ4n) is 1.99. The zero-order chi connectivity index (χ0) is 12.5. The number of hydrogen-bond donors (Lipinski definition) is 2. The Kier molecular flexibility index (Phi) is 2.41. The van der Waals surface area contributed by atoms with Crippen molar-refractivity contribution in [3.05, 3.63) is 42.5 Å². The third-order valence-corrected chi connectivity index (χ3v) is 2.94. The predicted octanol–water partition coefficient (Wildman–Crippen LogP) is 2.82. The van der Waals surface area contributed by atoms with Gasteiger partial charge >= 0.3 is 0 Å². The van der Waals surface area contributed by atoms with Crippen LogP contribution < -0.4 is 10.5 Å². The lowest BCUT2D eigenvalue weighted by Crippen LogP contribution is -1.83. The van der Waals surface area contributed by atoms with Gasteiger partial charge in [0.15, 0.2) is 0 Å². The van der Waals surface area contributed by atoms with Gasteiger partial charge in [-0.05, 0) is 29.0 Å². The average Bonchev–Trinajstić information content (AvgIpc) is 2.84. The topological polar surface area (TPSA) is 63.9 Å². The van der Waals surface area contributed by atoms with Crippen LogP contribution in [0.5, 0.6) is 5.75 Å². The first-order chi connectivity index (χ1) is 8.76. The summed E-state index contributed by atoms with van der Waals surface area (Å²) in [5, 5.41) is 9.18. The molecule has 3 rings (SSSR count). The molecule has 1 aromatic heterocycles. The molecule has 3 aromatic rings. The molecule has 0 bridgehead atoms. The number of aromatic nitrogens is 2. The monoisotopic (exact) mass is 239 g/mol. The SMILES string of the molecule is COc1ccc2cc(-c3cc(N)[nH]n3)ccc2c1. The molecule has 4 heteroatoms. The van der Waals surface area contributed by atoms with E-state index >= 15 is 0 Å². The summed E-state index contributed by atoms with van der Waals surface area (Å²) < 4.78 is 5.21. The molecule has 0 aliphatic carbocycles. The van der Waals surface area contributed by atoms with E-state index in [1.54, 1.807) is 7.11 Å². The Hall–Kier alpha value is -2.49. The Balaban J connectivity index is 2.11. The summed E-state index contributed by atoms with van der Waals surface area (Å²) >= 11 is 0. The quantitative estimate of drug-likeness (QED) is 0.722. The van der Waals surface area contributed by atoms with Crippen LogP contribution in [0, 0.1) is 0 Å². The van der Waals surface area contributed by atoms with Gasteiger partial charge in [-0.3, -0.25) is 5.10 Å². The lowest BCUT2D eigenvalue weighted by molar-refractivity contribution is 0.415. The molecule has 0 radical (unpaired) electrons. The number of H-pyrrole nitrogens is 1. The summed E-state index contributed by atoms with van der Waals surface area (Å²) in [6.45, 7) is 0. The third-order valence-electron chi connectivity index (χ3n) is 2.94. The average molecular weight is 239 g/mol. The highest BCUT2D eigenvalue weighted by Crippen LogP contribution is 2.26. The van der Waals surface area contributed by atoms with Gasteiger partial charge in [0.05, 0.1) is 12.8 Å². The maximum atomic E-state index is 5.63. The van der Waals surface area contributed by atoms with Gasteiger partial charge in [0, 0.05) is 11.6 Å². The maximum Gasteiger partial charge on any atom is 0.119 e. The van der Waals surface area contributed by atoms with Crippen LogP contribution in [0.25, 0.3) is 22.0 Å². The van der Waals surface area contributed by atoms with Gasteiger partial charge in [-0.25, -0.2) is 0 Å². The third kappa shape index (κ3) is 1.78. The zero-order valence-electron chi connectivity index (χ0n) is 9.97. The van der Waals surface area contributed by atoms with Crippen molar-refractivity contribution in [1.82, 2.24) is 10.2 Å². The molecule has 18 heavy (non-hydrogen) atoms. The number of nitrogens with one attached hydrogen (secondary N) is 1. The van der Waals surface area contributed by atoms with Crippen molar-refractivity contribution in [2.24, 2.45) is 0 Å². The van der Waals surface area contributed by atoms with E-state index < -0.39 is 0 Å². The molecule has 0 fully saturated rings. The number of methoxy groups -OCH3 is 1. The van der Waals surface area contributed by atoms with Gasteiger partial charge in [0.2, 0.25) is 0 Å². The summed E-state index contributed by atoms with van der Waals surface area (Å²) in [4.78, 5) is 0. The Morgan fingerprint density at radius 3 is 2.56 bits per heavy atom. The highest BCUT2D eigenvalue weighted by atomic mass is 16.5. The second kappa shape index (κ2) is 4.07. The number of benzene rings is 2. The summed E-state index contributed by atoms with van der Waals surface area (Å²) in [6, 6.07) is 14.0. The lowest BCUT2D eigenvalue weighted by atomic mass is 10.0. The molecule has 0 spiro atoms. The standard InChI is InChI=1S/C14H13N3O/c1-18-12-5-4-9-6-11(3-2-10(9)7-12)13-8-14(15)17-16-13/h2-8H,1H3,(H3,15,16,17). The molecule has 1 heterocycles. The highest BCUT2D eigenvalue weighted by molar-refractivity contribution is 5.88. The van der Waals surface area contributed by atoms with E-state index in [-0.39, 0.29) is 0 Å². The van der Waals surface area contributed by atoms with Gasteiger partial charge in [-0.2, -0.15) is 5.10 Å². The minimum Gasteiger partial charge on any atom is -0.497 e. The van der Waals surface area contributed by atoms with E-state index in [0.717, 1.165) is 27.8 Å². The van der Waals surface area contributed by atoms with E-state index in [1.807, 2.05) is 30.3 Å². The van der Waals surface area contributed by atoms with Crippen LogP contribution in [-0.4, -0.2) is 17.3 Å². The van der Waals surface area contributed by atoms with Crippen molar-refractivity contribution in [3.8, 4) is 17.0 Å². The van der Waals surface area contributed by atoms with Crippen LogP contribution in [0.15, 0.2) is 42.5 Å². The maximum absolute atomic E-state index is 5.63. The van der Waals surface area contributed by atoms with Crippen LogP contribution in [-0.2, 0) is 0 Å². The number of fused-ring (bicyclic) bond motifs is 1. The van der Waals surface area contributed by atoms with Crippen molar-refractivity contribution in [3.63, 3.8) is 0 Å². The lowest BCUT2D eigenvalue weighted by Gasteiger charge is -2.04. The van der Waals surface area contributed by atoms with Gasteiger partial charge < -0.3 is 10.5 Å². The van der Waals surface area contributed by atoms with Crippen LogP contribution >= 0.6 is 0 Å². The summed E-state index contributed by atoms with van der Waals surface area (Å²) in [5.74, 6) is 1.43. The summed E-state index contributed by atoms with van der Waals surface area (Å²) in [5.41, 5.74) is 7.53. The van der Waals surface area contributed by atoms with E-state index in [1.165, 1.54) is 0 Å². The molecular formula is C14H13N3O. The fourth-order valence-corrected chi connectivity index (χ4v) is 1.99. The molecule has 3 N–H and O–H groups in total. The molecule has 0 saturated carbocycles. The van der Waals surface area contributed by atoms with Gasteiger partial charge in [0.25, 0.3) is 0 Å². The van der Waals surface area contributed by atoms with E-state index in [0.29, 0.717) is 5.82 Å². The van der Waals surface area contributed by atoms with Gasteiger partial charge in [0.1, 0.15) is 11.6 Å². The van der Waals surface area contributed by atoms with Crippen LogP contribution in [0.3, 0.4) is 0 Å². The van der Waals surface area contributed by atoms with Crippen LogP contribution in [0.1, 0.15) is 0 Å². The molecule has 2 aromatic carbocycles. The molecule has 4 nitrogen and oxygen atoms in total. The van der Waals surface area contributed by atoms with Crippen molar-refractivity contribution in [2.75, 3.05) is 12.8 Å². The number of nitrogen functional groups attached to an aromatic ring is 1. The van der Waals surface area contributed by atoms with Gasteiger partial charge in [-0.15, -0.1) is 0 Å². The van der Waals surface area contributed by atoms with Crippen molar-refractivity contribution < 1.29 is 4.74 Å². The Bertz CT molecular complexity index is 703. The molecular weight excluding hydrogens is 226 g/mol. The smallest absolute Gasteiger partial charge is 0.119 e. The Morgan fingerprint density at radius 2 is 1.83 bits per heavy atom. The molecule has 0 saturated heterocycles. The largest absolute Gasteiger partial charge is 0.497 e. The second-order valence-electron chi connectivity index (χ2n) is 4.14. The number of aromatic amines is 1. The van der Waals surface area contributed by atoms with E-state index in [2.05, 4.69) is 22.3 Å². The van der Waals surface area contributed by atoms with Crippen molar-refractivity contribution in [2.45, 2.75) is 0 Å². The molecule has 0 unspecified atom stereocenters. The predicted molar refractivity (Wildman–Crippen MR) is 72.5 cm³/mol. The zero-order valence-corrected chi connectivity index (χ0v) is 9.97. The number of anilines is 1. The van der Waals surface area contributed by atoms with Gasteiger partial charge in [-0.1, -0.05) is 18.2 Å². The number of ether oxygens (including phenoxy) is 1. The van der Waals surface area contributed by atoms with E-state index in [4.69, 9.17) is 10.5 Å². The fraction of sp³-hybridized carbons (Fsp3) is 0.0714. The number of rotatable bonds is 2. The summed E-state index contributed by atoms with van der Waals surface area (Å²) in [6.07, 6.45) is 0. The first-order valence-electron chi connectivity index (χ1n) is 5.65. The van der Waals surface area contributed by atoms with E-state index in [9.17, 15) is 0 Å². The molecule has 0 aliphatic rings. The molecule has 0 aliphatic heterocycles. The minimum atomic E-state index is 0.569. The van der Waals surface area contributed by atoms with Crippen molar-refractivity contribution >= 4 is 16.6 Å². The number of hydrogen-bond acceptors (Lipinski definition) is 3. The Morgan fingerprint density at radius 1 is 1.06 bits per heavy atom. The van der Waals surface area contributed by atoms with Crippen LogP contribution in [0.2, 0.25) is 0 Å². The first-order valence-corrected chi connectivity index (χ1v) is 5.65. The van der Waals surface area contributed by atoms with Crippen molar-refractivity contribution in [1.29, 1.82) is 0 Å². The number of nitrogens with zero attached hydrogens (tertiary/aromatic N) is 1.